The highest BCUT2D eigenvalue weighted by Gasteiger charge is 2.10. The molecule has 1 N–H and O–H groups in total. The van der Waals surface area contributed by atoms with Gasteiger partial charge in [-0.1, -0.05) is 15.9 Å². The second kappa shape index (κ2) is 6.44. The van der Waals surface area contributed by atoms with Crippen LogP contribution in [0, 0.1) is 0 Å². The predicted molar refractivity (Wildman–Crippen MR) is 75.2 cm³/mol. The third-order valence-electron chi connectivity index (χ3n) is 2.09. The summed E-state index contributed by atoms with van der Waals surface area (Å²) >= 11 is 4.56. The first-order valence-electron chi connectivity index (χ1n) is 5.27. The van der Waals surface area contributed by atoms with E-state index >= 15 is 0 Å². The van der Waals surface area contributed by atoms with E-state index in [0.29, 0.717) is 10.7 Å². The molecule has 0 aliphatic carbocycles. The van der Waals surface area contributed by atoms with Crippen molar-refractivity contribution < 1.29 is 14.3 Å². The number of anilines is 1. The number of hydrogen-bond donors (Lipinski definition) is 1. The van der Waals surface area contributed by atoms with Crippen molar-refractivity contribution in [3.05, 3.63) is 45.9 Å². The van der Waals surface area contributed by atoms with Gasteiger partial charge in [-0.2, -0.15) is 0 Å². The van der Waals surface area contributed by atoms with Gasteiger partial charge in [-0.25, -0.2) is 9.78 Å². The highest BCUT2D eigenvalue weighted by atomic mass is 79.9. The zero-order valence-corrected chi connectivity index (χ0v) is 12.0. The Morgan fingerprint density at radius 2 is 2.05 bits per heavy atom. The molecule has 0 spiro atoms. The number of thiazole rings is 1. The van der Waals surface area contributed by atoms with E-state index < -0.39 is 11.9 Å². The van der Waals surface area contributed by atoms with Gasteiger partial charge in [0.1, 0.15) is 0 Å². The third kappa shape index (κ3) is 4.15. The van der Waals surface area contributed by atoms with Gasteiger partial charge in [0.05, 0.1) is 5.56 Å². The first kappa shape index (κ1) is 13.7. The molecule has 5 nitrogen and oxygen atoms in total. The van der Waals surface area contributed by atoms with Crippen molar-refractivity contribution in [3.8, 4) is 0 Å². The van der Waals surface area contributed by atoms with Crippen LogP contribution in [0.4, 0.5) is 5.13 Å². The van der Waals surface area contributed by atoms with Crippen LogP contribution in [0.25, 0.3) is 0 Å². The minimum Gasteiger partial charge on any atom is -0.452 e. The zero-order chi connectivity index (χ0) is 13.7. The second-order valence-electron chi connectivity index (χ2n) is 3.47. The van der Waals surface area contributed by atoms with E-state index in [4.69, 9.17) is 4.74 Å². The lowest BCUT2D eigenvalue weighted by atomic mass is 10.2. The van der Waals surface area contributed by atoms with Crippen LogP contribution < -0.4 is 5.32 Å². The van der Waals surface area contributed by atoms with Crippen LogP contribution in [-0.2, 0) is 9.53 Å². The summed E-state index contributed by atoms with van der Waals surface area (Å²) in [6.07, 6.45) is 1.58. The van der Waals surface area contributed by atoms with Gasteiger partial charge in [0.25, 0.3) is 5.91 Å². The summed E-state index contributed by atoms with van der Waals surface area (Å²) in [6.45, 7) is -0.339. The molecular weight excluding hydrogens is 332 g/mol. The van der Waals surface area contributed by atoms with Crippen molar-refractivity contribution in [2.45, 2.75) is 0 Å². The maximum Gasteiger partial charge on any atom is 0.338 e. The third-order valence-corrected chi connectivity index (χ3v) is 3.31. The fourth-order valence-electron chi connectivity index (χ4n) is 1.24. The number of nitrogens with one attached hydrogen (secondary N) is 1. The number of halogens is 1. The number of carbonyl (C=O) groups is 2. The van der Waals surface area contributed by atoms with Crippen LogP contribution in [0.15, 0.2) is 40.3 Å². The SMILES string of the molecule is O=C(COC(=O)c1ccc(Br)cc1)Nc1nccs1. The normalized spacial score (nSPS) is 9.95. The van der Waals surface area contributed by atoms with Gasteiger partial charge in [0, 0.05) is 16.0 Å². The average molecular weight is 341 g/mol. The van der Waals surface area contributed by atoms with E-state index in [1.807, 2.05) is 0 Å². The summed E-state index contributed by atoms with van der Waals surface area (Å²) in [4.78, 5) is 27.0. The van der Waals surface area contributed by atoms with Crippen molar-refractivity contribution in [2.75, 3.05) is 11.9 Å². The molecule has 0 atom stereocenters. The van der Waals surface area contributed by atoms with Crippen molar-refractivity contribution >= 4 is 44.3 Å². The summed E-state index contributed by atoms with van der Waals surface area (Å²) in [7, 11) is 0. The van der Waals surface area contributed by atoms with Gasteiger partial charge in [-0.3, -0.25) is 10.1 Å². The van der Waals surface area contributed by atoms with Crippen LogP contribution in [0.1, 0.15) is 10.4 Å². The van der Waals surface area contributed by atoms with E-state index in [1.165, 1.54) is 11.3 Å². The van der Waals surface area contributed by atoms with Crippen molar-refractivity contribution in [1.29, 1.82) is 0 Å². The molecule has 0 aliphatic rings. The van der Waals surface area contributed by atoms with Crippen molar-refractivity contribution in [2.24, 2.45) is 0 Å². The lowest BCUT2D eigenvalue weighted by Crippen LogP contribution is -2.20. The molecule has 1 heterocycles. The van der Waals surface area contributed by atoms with E-state index in [-0.39, 0.29) is 6.61 Å². The molecule has 1 aromatic carbocycles. The summed E-state index contributed by atoms with van der Waals surface area (Å²) in [5.74, 6) is -0.956. The molecule has 0 bridgehead atoms. The molecule has 0 saturated carbocycles. The summed E-state index contributed by atoms with van der Waals surface area (Å²) in [5, 5.41) is 4.74. The molecule has 0 aliphatic heterocycles. The number of amides is 1. The number of carbonyl (C=O) groups excluding carboxylic acids is 2. The molecule has 2 rings (SSSR count). The van der Waals surface area contributed by atoms with E-state index in [9.17, 15) is 9.59 Å². The number of ether oxygens (including phenoxy) is 1. The van der Waals surface area contributed by atoms with Gasteiger partial charge in [-0.15, -0.1) is 11.3 Å². The Hall–Kier alpha value is -1.73. The Balaban J connectivity index is 1.83. The van der Waals surface area contributed by atoms with Gasteiger partial charge in [0.2, 0.25) is 0 Å². The van der Waals surface area contributed by atoms with Gasteiger partial charge in [-0.05, 0) is 24.3 Å². The average Bonchev–Trinajstić information content (AvgIpc) is 2.89. The molecule has 0 unspecified atom stereocenters. The number of aromatic nitrogens is 1. The highest BCUT2D eigenvalue weighted by molar-refractivity contribution is 9.10. The summed E-state index contributed by atoms with van der Waals surface area (Å²) < 4.78 is 5.76. The number of hydrogen-bond acceptors (Lipinski definition) is 5. The predicted octanol–water partition coefficient (Wildman–Crippen LogP) is 2.70. The number of nitrogens with zero attached hydrogens (tertiary/aromatic N) is 1. The van der Waals surface area contributed by atoms with Gasteiger partial charge in [0.15, 0.2) is 11.7 Å². The molecule has 1 amide bonds. The van der Waals surface area contributed by atoms with Crippen LogP contribution in [0.3, 0.4) is 0 Å². The lowest BCUT2D eigenvalue weighted by molar-refractivity contribution is -0.119. The van der Waals surface area contributed by atoms with Crippen LogP contribution >= 0.6 is 27.3 Å². The lowest BCUT2D eigenvalue weighted by Gasteiger charge is -2.04. The Morgan fingerprint density at radius 1 is 1.32 bits per heavy atom. The van der Waals surface area contributed by atoms with Gasteiger partial charge >= 0.3 is 5.97 Å². The van der Waals surface area contributed by atoms with Gasteiger partial charge < -0.3 is 4.74 Å². The van der Waals surface area contributed by atoms with Crippen LogP contribution in [0.2, 0.25) is 0 Å². The number of rotatable bonds is 4. The van der Waals surface area contributed by atoms with Crippen LogP contribution in [0.5, 0.6) is 0 Å². The summed E-state index contributed by atoms with van der Waals surface area (Å²) in [6, 6.07) is 6.69. The van der Waals surface area contributed by atoms with Crippen LogP contribution in [-0.4, -0.2) is 23.5 Å². The molecule has 0 radical (unpaired) electrons. The molecule has 98 valence electrons. The molecule has 0 saturated heterocycles. The molecular formula is C12H9BrN2O3S. The second-order valence-corrected chi connectivity index (χ2v) is 5.28. The number of esters is 1. The monoisotopic (exact) mass is 340 g/mol. The highest BCUT2D eigenvalue weighted by Crippen LogP contribution is 2.12. The topological polar surface area (TPSA) is 68.3 Å². The van der Waals surface area contributed by atoms with E-state index in [2.05, 4.69) is 26.2 Å². The molecule has 7 heteroatoms. The fraction of sp³-hybridized carbons (Fsp3) is 0.0833. The minimum atomic E-state index is -0.540. The first-order chi connectivity index (χ1) is 9.15. The maximum absolute atomic E-state index is 11.6. The first-order valence-corrected chi connectivity index (χ1v) is 6.94. The Bertz CT molecular complexity index is 569. The standard InChI is InChI=1S/C12H9BrN2O3S/c13-9-3-1-8(2-4-9)11(17)18-7-10(16)15-12-14-5-6-19-12/h1-6H,7H2,(H,14,15,16). The van der Waals surface area contributed by atoms with Crippen molar-refractivity contribution in [1.82, 2.24) is 4.98 Å². The van der Waals surface area contributed by atoms with E-state index in [0.717, 1.165) is 4.47 Å². The van der Waals surface area contributed by atoms with E-state index in [1.54, 1.807) is 35.8 Å². The molecule has 1 aromatic heterocycles. The maximum atomic E-state index is 11.6. The number of benzene rings is 1. The molecule has 19 heavy (non-hydrogen) atoms. The Kier molecular flexibility index (Phi) is 4.64. The Morgan fingerprint density at radius 3 is 2.68 bits per heavy atom. The molecule has 0 fully saturated rings. The minimum absolute atomic E-state index is 0.339. The quantitative estimate of drug-likeness (QED) is 0.869. The molecule has 2 aromatic rings. The smallest absolute Gasteiger partial charge is 0.338 e. The Labute approximate surface area is 121 Å². The van der Waals surface area contributed by atoms with Crippen molar-refractivity contribution in [3.63, 3.8) is 0 Å². The zero-order valence-electron chi connectivity index (χ0n) is 9.63. The summed E-state index contributed by atoms with van der Waals surface area (Å²) in [5.41, 5.74) is 0.394. The fourth-order valence-corrected chi connectivity index (χ4v) is 2.05. The largest absolute Gasteiger partial charge is 0.452 e.